The van der Waals surface area contributed by atoms with Gasteiger partial charge in [-0.05, 0) is 12.5 Å². The number of hydrogen-bond donors (Lipinski definition) is 1. The van der Waals surface area contributed by atoms with E-state index >= 15 is 0 Å². The average Bonchev–Trinajstić information content (AvgIpc) is 2.30. The molecule has 0 saturated carbocycles. The number of carbonyl (C=O) groups excluding carboxylic acids is 1. The van der Waals surface area contributed by atoms with Crippen LogP contribution in [0.15, 0.2) is 18.2 Å². The molecule has 2 N–H and O–H groups in total. The fourth-order valence-electron chi connectivity index (χ4n) is 2.04. The third-order valence-electron chi connectivity index (χ3n) is 2.98. The zero-order valence-electron chi connectivity index (χ0n) is 9.45. The maximum atomic E-state index is 11.8. The quantitative estimate of drug-likeness (QED) is 0.721. The Kier molecular flexibility index (Phi) is 2.59. The highest BCUT2D eigenvalue weighted by Crippen LogP contribution is 2.37. The third-order valence-corrected chi connectivity index (χ3v) is 2.98. The highest BCUT2D eigenvalue weighted by atomic mass is 16.5. The maximum absolute atomic E-state index is 11.8. The lowest BCUT2D eigenvalue weighted by Gasteiger charge is -2.33. The summed E-state index contributed by atoms with van der Waals surface area (Å²) in [7, 11) is 1.35. The zero-order chi connectivity index (χ0) is 11.8. The van der Waals surface area contributed by atoms with Crippen molar-refractivity contribution in [2.45, 2.75) is 18.9 Å². The number of aryl methyl sites for hydroxylation is 1. The van der Waals surface area contributed by atoms with Gasteiger partial charge in [0.05, 0.1) is 13.7 Å². The van der Waals surface area contributed by atoms with Crippen molar-refractivity contribution in [2.75, 3.05) is 13.7 Å². The van der Waals surface area contributed by atoms with Crippen molar-refractivity contribution >= 4 is 5.97 Å². The molecule has 1 unspecified atom stereocenters. The molecule has 1 aliphatic rings. The van der Waals surface area contributed by atoms with Gasteiger partial charge >= 0.3 is 5.97 Å². The van der Waals surface area contributed by atoms with E-state index in [0.717, 1.165) is 5.56 Å². The van der Waals surface area contributed by atoms with Crippen molar-refractivity contribution in [3.8, 4) is 5.75 Å². The lowest BCUT2D eigenvalue weighted by atomic mass is 9.84. The number of esters is 1. The summed E-state index contributed by atoms with van der Waals surface area (Å²) in [6, 6.07) is 5.62. The molecule has 1 atom stereocenters. The van der Waals surface area contributed by atoms with Gasteiger partial charge in [0.2, 0.25) is 0 Å². The summed E-state index contributed by atoms with van der Waals surface area (Å²) >= 11 is 0. The fourth-order valence-corrected chi connectivity index (χ4v) is 2.04. The van der Waals surface area contributed by atoms with Crippen LogP contribution in [0.5, 0.6) is 5.75 Å². The van der Waals surface area contributed by atoms with Gasteiger partial charge in [-0.3, -0.25) is 0 Å². The molecular weight excluding hydrogens is 206 g/mol. The van der Waals surface area contributed by atoms with Gasteiger partial charge in [0, 0.05) is 12.0 Å². The van der Waals surface area contributed by atoms with Crippen LogP contribution in [0, 0.1) is 6.92 Å². The van der Waals surface area contributed by atoms with Crippen molar-refractivity contribution < 1.29 is 14.3 Å². The summed E-state index contributed by atoms with van der Waals surface area (Å²) in [5.74, 6) is 0.296. The molecule has 2 rings (SSSR count). The number of nitrogens with two attached hydrogens (primary N) is 1. The number of carbonyl (C=O) groups is 1. The second kappa shape index (κ2) is 3.79. The Labute approximate surface area is 94.3 Å². The van der Waals surface area contributed by atoms with Gasteiger partial charge in [0.1, 0.15) is 11.3 Å². The molecule has 4 heteroatoms. The van der Waals surface area contributed by atoms with E-state index in [1.54, 1.807) is 0 Å². The molecule has 0 amide bonds. The first-order valence-corrected chi connectivity index (χ1v) is 5.20. The molecule has 0 spiro atoms. The molecule has 0 aliphatic carbocycles. The second-order valence-electron chi connectivity index (χ2n) is 4.01. The SMILES string of the molecule is COC(=O)C1(N)CCOc2c(C)cccc21. The van der Waals surface area contributed by atoms with Gasteiger partial charge in [-0.1, -0.05) is 18.2 Å². The lowest BCUT2D eigenvalue weighted by molar-refractivity contribution is -0.148. The highest BCUT2D eigenvalue weighted by molar-refractivity contribution is 5.84. The molecule has 0 aromatic heterocycles. The molecule has 1 heterocycles. The Morgan fingerprint density at radius 3 is 3.00 bits per heavy atom. The van der Waals surface area contributed by atoms with Crippen molar-refractivity contribution in [1.29, 1.82) is 0 Å². The Bertz CT molecular complexity index is 430. The van der Waals surface area contributed by atoms with Gasteiger partial charge in [-0.15, -0.1) is 0 Å². The summed E-state index contributed by atoms with van der Waals surface area (Å²) in [6.07, 6.45) is 0.441. The molecule has 0 radical (unpaired) electrons. The molecule has 0 fully saturated rings. The Balaban J connectivity index is 2.56. The maximum Gasteiger partial charge on any atom is 0.330 e. The van der Waals surface area contributed by atoms with Crippen LogP contribution in [0.2, 0.25) is 0 Å². The second-order valence-corrected chi connectivity index (χ2v) is 4.01. The molecule has 86 valence electrons. The van der Waals surface area contributed by atoms with E-state index < -0.39 is 11.5 Å². The third kappa shape index (κ3) is 1.46. The number of benzene rings is 1. The first-order chi connectivity index (χ1) is 7.59. The van der Waals surface area contributed by atoms with Crippen LogP contribution < -0.4 is 10.5 Å². The highest BCUT2D eigenvalue weighted by Gasteiger charge is 2.42. The predicted molar refractivity (Wildman–Crippen MR) is 59.2 cm³/mol. The van der Waals surface area contributed by atoms with Crippen LogP contribution >= 0.6 is 0 Å². The zero-order valence-corrected chi connectivity index (χ0v) is 9.45. The van der Waals surface area contributed by atoms with E-state index in [4.69, 9.17) is 15.2 Å². The number of rotatable bonds is 1. The largest absolute Gasteiger partial charge is 0.493 e. The van der Waals surface area contributed by atoms with Crippen LogP contribution in [0.4, 0.5) is 0 Å². The van der Waals surface area contributed by atoms with Crippen LogP contribution in [0.3, 0.4) is 0 Å². The van der Waals surface area contributed by atoms with E-state index in [2.05, 4.69) is 0 Å². The van der Waals surface area contributed by atoms with Gasteiger partial charge in [-0.25, -0.2) is 4.79 Å². The standard InChI is InChI=1S/C12H15NO3/c1-8-4-3-5-9-10(8)16-7-6-12(9,13)11(14)15-2/h3-5H,6-7,13H2,1-2H3. The van der Waals surface area contributed by atoms with Crippen molar-refractivity contribution in [1.82, 2.24) is 0 Å². The van der Waals surface area contributed by atoms with Gasteiger partial charge < -0.3 is 15.2 Å². The number of para-hydroxylation sites is 1. The van der Waals surface area contributed by atoms with Crippen LogP contribution in [0.1, 0.15) is 17.5 Å². The monoisotopic (exact) mass is 221 g/mol. The fraction of sp³-hybridized carbons (Fsp3) is 0.417. The van der Waals surface area contributed by atoms with Crippen molar-refractivity contribution in [3.63, 3.8) is 0 Å². The van der Waals surface area contributed by atoms with Crippen LogP contribution in [0.25, 0.3) is 0 Å². The Morgan fingerprint density at radius 2 is 2.31 bits per heavy atom. The molecule has 0 saturated heterocycles. The number of methoxy groups -OCH3 is 1. The number of fused-ring (bicyclic) bond motifs is 1. The van der Waals surface area contributed by atoms with E-state index in [0.29, 0.717) is 24.3 Å². The molecule has 16 heavy (non-hydrogen) atoms. The smallest absolute Gasteiger partial charge is 0.330 e. The Morgan fingerprint density at radius 1 is 1.56 bits per heavy atom. The van der Waals surface area contributed by atoms with Crippen molar-refractivity contribution in [2.24, 2.45) is 5.73 Å². The average molecular weight is 221 g/mol. The molecule has 0 bridgehead atoms. The molecule has 1 aliphatic heterocycles. The first-order valence-electron chi connectivity index (χ1n) is 5.20. The molecule has 4 nitrogen and oxygen atoms in total. The minimum Gasteiger partial charge on any atom is -0.493 e. The Hall–Kier alpha value is -1.55. The van der Waals surface area contributed by atoms with E-state index in [9.17, 15) is 4.79 Å². The minimum absolute atomic E-state index is 0.414. The van der Waals surface area contributed by atoms with Gasteiger partial charge in [0.15, 0.2) is 0 Å². The van der Waals surface area contributed by atoms with Gasteiger partial charge in [-0.2, -0.15) is 0 Å². The van der Waals surface area contributed by atoms with Crippen LogP contribution in [-0.2, 0) is 15.1 Å². The first kappa shape index (κ1) is 11.0. The van der Waals surface area contributed by atoms with Crippen LogP contribution in [-0.4, -0.2) is 19.7 Å². The molecular formula is C12H15NO3. The molecule has 1 aromatic carbocycles. The summed E-state index contributed by atoms with van der Waals surface area (Å²) in [6.45, 7) is 2.37. The van der Waals surface area contributed by atoms with Gasteiger partial charge in [0.25, 0.3) is 0 Å². The van der Waals surface area contributed by atoms with E-state index in [-0.39, 0.29) is 0 Å². The summed E-state index contributed by atoms with van der Waals surface area (Å²) in [5, 5.41) is 0. The van der Waals surface area contributed by atoms with E-state index in [1.807, 2.05) is 25.1 Å². The van der Waals surface area contributed by atoms with E-state index in [1.165, 1.54) is 7.11 Å². The normalized spacial score (nSPS) is 23.2. The lowest BCUT2D eigenvalue weighted by Crippen LogP contribution is -2.49. The summed E-state index contributed by atoms with van der Waals surface area (Å²) < 4.78 is 10.3. The summed E-state index contributed by atoms with van der Waals surface area (Å²) in [5.41, 5.74) is 6.76. The molecule has 1 aromatic rings. The number of ether oxygens (including phenoxy) is 2. The predicted octanol–water partition coefficient (Wildman–Crippen LogP) is 1.10. The minimum atomic E-state index is -1.08. The number of hydrogen-bond acceptors (Lipinski definition) is 4. The summed E-state index contributed by atoms with van der Waals surface area (Å²) in [4.78, 5) is 11.8. The topological polar surface area (TPSA) is 61.5 Å². The van der Waals surface area contributed by atoms with Crippen molar-refractivity contribution in [3.05, 3.63) is 29.3 Å².